The van der Waals surface area contributed by atoms with Crippen LogP contribution in [0.5, 0.6) is 0 Å². The molecule has 0 aliphatic rings. The largest absolute Gasteiger partial charge is 0.462 e. The number of ether oxygens (including phenoxy) is 2. The van der Waals surface area contributed by atoms with Gasteiger partial charge >= 0.3 is 11.9 Å². The highest BCUT2D eigenvalue weighted by atomic mass is 16.5. The Kier molecular flexibility index (Phi) is 6.32. The Balaban J connectivity index is 1.78. The van der Waals surface area contributed by atoms with Crippen molar-refractivity contribution in [3.05, 3.63) is 34.0 Å². The molecule has 0 aliphatic carbocycles. The molecule has 25 heavy (non-hydrogen) atoms. The van der Waals surface area contributed by atoms with E-state index in [-0.39, 0.29) is 13.2 Å². The third kappa shape index (κ3) is 4.26. The molecule has 2 aromatic rings. The molecule has 2 heterocycles. The van der Waals surface area contributed by atoms with Gasteiger partial charge in [-0.1, -0.05) is 24.2 Å². The third-order valence-electron chi connectivity index (χ3n) is 3.70. The molecule has 8 nitrogen and oxygen atoms in total. The van der Waals surface area contributed by atoms with Crippen LogP contribution in [0.4, 0.5) is 0 Å². The number of aromatic nitrogens is 2. The molecule has 2 aromatic heterocycles. The summed E-state index contributed by atoms with van der Waals surface area (Å²) in [4.78, 5) is 24.1. The summed E-state index contributed by atoms with van der Waals surface area (Å²) in [5, 5.41) is 7.63. The number of hydrogen-bond donors (Lipinski definition) is 0. The molecule has 0 unspecified atom stereocenters. The van der Waals surface area contributed by atoms with Crippen LogP contribution in [-0.4, -0.2) is 35.5 Å². The Morgan fingerprint density at radius 2 is 1.24 bits per heavy atom. The number of nitrogens with zero attached hydrogens (tertiary/aromatic N) is 2. The van der Waals surface area contributed by atoms with Gasteiger partial charge in [-0.25, -0.2) is 9.59 Å². The molecule has 0 fully saturated rings. The smallest absolute Gasteiger partial charge is 0.343 e. The third-order valence-corrected chi connectivity index (χ3v) is 3.70. The standard InChI is InChI=1S/C17H22N2O6/c1-5-12-14(10(3)24-18-12)16(20)22-8-7-9-23-17(21)15-11(4)25-19-13(15)6-2/h5-9H2,1-4H3. The molecule has 0 bridgehead atoms. The molecule has 0 saturated heterocycles. The first kappa shape index (κ1) is 18.7. The van der Waals surface area contributed by atoms with Crippen LogP contribution in [0.2, 0.25) is 0 Å². The van der Waals surface area contributed by atoms with Gasteiger partial charge in [0.1, 0.15) is 22.6 Å². The van der Waals surface area contributed by atoms with E-state index in [1.165, 1.54) is 0 Å². The van der Waals surface area contributed by atoms with Crippen LogP contribution in [0.25, 0.3) is 0 Å². The maximum absolute atomic E-state index is 12.1. The second-order valence-electron chi connectivity index (χ2n) is 5.45. The number of carbonyl (C=O) groups excluding carboxylic acids is 2. The summed E-state index contributed by atoms with van der Waals surface area (Å²) in [6.07, 6.45) is 1.55. The average Bonchev–Trinajstić information content (AvgIpc) is 3.16. The first-order valence-corrected chi connectivity index (χ1v) is 8.24. The van der Waals surface area contributed by atoms with Crippen molar-refractivity contribution in [3.63, 3.8) is 0 Å². The molecule has 0 aromatic carbocycles. The molecule has 0 saturated carbocycles. The lowest BCUT2D eigenvalue weighted by atomic mass is 10.1. The van der Waals surface area contributed by atoms with Crippen molar-refractivity contribution in [1.29, 1.82) is 0 Å². The van der Waals surface area contributed by atoms with Crippen molar-refractivity contribution in [3.8, 4) is 0 Å². The van der Waals surface area contributed by atoms with E-state index in [1.54, 1.807) is 13.8 Å². The number of hydrogen-bond acceptors (Lipinski definition) is 8. The molecule has 8 heteroatoms. The minimum Gasteiger partial charge on any atom is -0.462 e. The van der Waals surface area contributed by atoms with Crippen LogP contribution >= 0.6 is 0 Å². The van der Waals surface area contributed by atoms with Crippen LogP contribution in [-0.2, 0) is 22.3 Å². The van der Waals surface area contributed by atoms with Crippen LogP contribution in [0.3, 0.4) is 0 Å². The molecule has 0 amide bonds. The van der Waals surface area contributed by atoms with Crippen LogP contribution < -0.4 is 0 Å². The normalized spacial score (nSPS) is 10.7. The van der Waals surface area contributed by atoms with E-state index in [0.717, 1.165) is 0 Å². The first-order chi connectivity index (χ1) is 12.0. The molecule has 0 spiro atoms. The summed E-state index contributed by atoms with van der Waals surface area (Å²) in [7, 11) is 0. The molecule has 0 radical (unpaired) electrons. The number of aryl methyl sites for hydroxylation is 4. The van der Waals surface area contributed by atoms with Gasteiger partial charge in [-0.3, -0.25) is 0 Å². The SMILES string of the molecule is CCc1noc(C)c1C(=O)OCCCOC(=O)c1c(CC)noc1C. The summed E-state index contributed by atoms with van der Waals surface area (Å²) in [5.41, 5.74) is 1.88. The van der Waals surface area contributed by atoms with Gasteiger partial charge < -0.3 is 18.5 Å². The quantitative estimate of drug-likeness (QED) is 0.528. The molecule has 2 rings (SSSR count). The summed E-state index contributed by atoms with van der Waals surface area (Å²) in [6.45, 7) is 7.34. The molecule has 0 aliphatic heterocycles. The van der Waals surface area contributed by atoms with Crippen molar-refractivity contribution < 1.29 is 28.1 Å². The summed E-state index contributed by atoms with van der Waals surface area (Å²) in [5.74, 6) is -0.0956. The van der Waals surface area contributed by atoms with E-state index in [0.29, 0.717) is 53.3 Å². The van der Waals surface area contributed by atoms with Gasteiger partial charge in [-0.15, -0.1) is 0 Å². The highest BCUT2D eigenvalue weighted by Crippen LogP contribution is 2.16. The lowest BCUT2D eigenvalue weighted by Crippen LogP contribution is -2.13. The topological polar surface area (TPSA) is 105 Å². The van der Waals surface area contributed by atoms with Crippen molar-refractivity contribution in [2.24, 2.45) is 0 Å². The molecular formula is C17H22N2O6. The summed E-state index contributed by atoms with van der Waals surface area (Å²) >= 11 is 0. The minimum atomic E-state index is -0.481. The van der Waals surface area contributed by atoms with Crippen molar-refractivity contribution in [1.82, 2.24) is 10.3 Å². The highest BCUT2D eigenvalue weighted by molar-refractivity contribution is 5.92. The predicted octanol–water partition coefficient (Wildman–Crippen LogP) is 2.81. The molecule has 0 N–H and O–H groups in total. The highest BCUT2D eigenvalue weighted by Gasteiger charge is 2.22. The Morgan fingerprint density at radius 1 is 0.840 bits per heavy atom. The fourth-order valence-corrected chi connectivity index (χ4v) is 2.37. The van der Waals surface area contributed by atoms with Gasteiger partial charge in [0, 0.05) is 6.42 Å². The minimum absolute atomic E-state index is 0.128. The van der Waals surface area contributed by atoms with Gasteiger partial charge in [-0.05, 0) is 26.7 Å². The van der Waals surface area contributed by atoms with Crippen LogP contribution in [0, 0.1) is 13.8 Å². The average molecular weight is 350 g/mol. The van der Waals surface area contributed by atoms with Crippen molar-refractivity contribution in [2.75, 3.05) is 13.2 Å². The van der Waals surface area contributed by atoms with Crippen LogP contribution in [0.1, 0.15) is 63.9 Å². The fourth-order valence-electron chi connectivity index (χ4n) is 2.37. The Hall–Kier alpha value is -2.64. The van der Waals surface area contributed by atoms with Crippen molar-refractivity contribution in [2.45, 2.75) is 47.0 Å². The second-order valence-corrected chi connectivity index (χ2v) is 5.45. The number of carbonyl (C=O) groups is 2. The Labute approximate surface area is 145 Å². The summed E-state index contributed by atoms with van der Waals surface area (Å²) in [6, 6.07) is 0. The van der Waals surface area contributed by atoms with Gasteiger partial charge in [0.25, 0.3) is 0 Å². The predicted molar refractivity (Wildman–Crippen MR) is 86.4 cm³/mol. The maximum Gasteiger partial charge on any atom is 0.343 e. The van der Waals surface area contributed by atoms with Gasteiger partial charge in [0.2, 0.25) is 0 Å². The van der Waals surface area contributed by atoms with E-state index in [9.17, 15) is 9.59 Å². The number of rotatable bonds is 8. The maximum atomic E-state index is 12.1. The fraction of sp³-hybridized carbons (Fsp3) is 0.529. The lowest BCUT2D eigenvalue weighted by molar-refractivity contribution is 0.0393. The van der Waals surface area contributed by atoms with E-state index in [1.807, 2.05) is 13.8 Å². The van der Waals surface area contributed by atoms with Gasteiger partial charge in [0.15, 0.2) is 0 Å². The molecule has 136 valence electrons. The first-order valence-electron chi connectivity index (χ1n) is 8.24. The van der Waals surface area contributed by atoms with Gasteiger partial charge in [-0.2, -0.15) is 0 Å². The monoisotopic (exact) mass is 350 g/mol. The molecular weight excluding hydrogens is 328 g/mol. The van der Waals surface area contributed by atoms with E-state index >= 15 is 0 Å². The second kappa shape index (κ2) is 8.46. The number of esters is 2. The zero-order chi connectivity index (χ0) is 18.4. The zero-order valence-electron chi connectivity index (χ0n) is 14.9. The van der Waals surface area contributed by atoms with Crippen molar-refractivity contribution >= 4 is 11.9 Å². The lowest BCUT2D eigenvalue weighted by Gasteiger charge is -2.06. The summed E-state index contributed by atoms with van der Waals surface area (Å²) < 4.78 is 20.4. The molecule has 0 atom stereocenters. The van der Waals surface area contributed by atoms with E-state index in [4.69, 9.17) is 18.5 Å². The van der Waals surface area contributed by atoms with E-state index in [2.05, 4.69) is 10.3 Å². The Morgan fingerprint density at radius 3 is 1.60 bits per heavy atom. The van der Waals surface area contributed by atoms with Gasteiger partial charge in [0.05, 0.1) is 24.6 Å². The zero-order valence-corrected chi connectivity index (χ0v) is 14.9. The Bertz CT molecular complexity index is 684. The van der Waals surface area contributed by atoms with Crippen LogP contribution in [0.15, 0.2) is 9.05 Å². The van der Waals surface area contributed by atoms with E-state index < -0.39 is 11.9 Å².